The van der Waals surface area contributed by atoms with Gasteiger partial charge in [-0.3, -0.25) is 5.01 Å². The van der Waals surface area contributed by atoms with Gasteiger partial charge in [0, 0.05) is 10.0 Å². The topological polar surface area (TPSA) is 68.6 Å². The largest absolute Gasteiger partial charge is 0.378 e. The van der Waals surface area contributed by atoms with E-state index in [0.717, 1.165) is 11.1 Å². The number of amides is 2. The Morgan fingerprint density at radius 3 is 1.91 bits per heavy atom. The highest BCUT2D eigenvalue weighted by Crippen LogP contribution is 2.32. The van der Waals surface area contributed by atoms with Crippen molar-refractivity contribution in [3.8, 4) is 0 Å². The number of benzene rings is 2. The minimum absolute atomic E-state index is 0.530. The summed E-state index contributed by atoms with van der Waals surface area (Å²) in [7, 11) is 0. The second-order valence-electron chi connectivity index (χ2n) is 4.73. The van der Waals surface area contributed by atoms with Crippen molar-refractivity contribution < 1.29 is 4.79 Å². The van der Waals surface area contributed by atoms with E-state index in [4.69, 9.17) is 28.7 Å². The molecule has 0 radical (unpaired) electrons. The summed E-state index contributed by atoms with van der Waals surface area (Å²) in [6.07, 6.45) is 0. The zero-order valence-electron chi connectivity index (χ0n) is 12.0. The van der Waals surface area contributed by atoms with E-state index in [1.54, 1.807) is 24.3 Å². The molecule has 0 aliphatic heterocycles. The molecule has 5 nitrogen and oxygen atoms in total. The van der Waals surface area contributed by atoms with Crippen LogP contribution in [0.1, 0.15) is 11.1 Å². The molecule has 0 bridgehead atoms. The van der Waals surface area contributed by atoms with E-state index in [1.165, 1.54) is 5.01 Å². The highest BCUT2D eigenvalue weighted by Gasteiger charge is 2.17. The molecule has 0 saturated heterocycles. The fraction of sp³-hybridized carbons (Fsp3) is 0.133. The van der Waals surface area contributed by atoms with Gasteiger partial charge in [-0.15, -0.1) is 0 Å². The number of nitrogens with zero attached hydrogens (tertiary/aromatic N) is 2. The number of carbonyl (C=O) groups is 1. The summed E-state index contributed by atoms with van der Waals surface area (Å²) in [6, 6.07) is 9.87. The van der Waals surface area contributed by atoms with Crippen LogP contribution >= 0.6 is 23.2 Å². The minimum Gasteiger partial charge on any atom is -0.252 e. The first-order valence-corrected chi connectivity index (χ1v) is 7.18. The first-order chi connectivity index (χ1) is 10.4. The first kappa shape index (κ1) is 16.3. The zero-order chi connectivity index (χ0) is 16.3. The number of carbonyl (C=O) groups excluding carboxylic acids is 1. The van der Waals surface area contributed by atoms with Gasteiger partial charge in [-0.05, 0) is 49.2 Å². The number of anilines is 2. The molecule has 22 heavy (non-hydrogen) atoms. The minimum atomic E-state index is -0.793. The van der Waals surface area contributed by atoms with Crippen LogP contribution < -0.4 is 10.4 Å². The molecule has 0 fully saturated rings. The van der Waals surface area contributed by atoms with Gasteiger partial charge in [0.2, 0.25) is 0 Å². The highest BCUT2D eigenvalue weighted by molar-refractivity contribution is 6.31. The third kappa shape index (κ3) is 3.55. The quantitative estimate of drug-likeness (QED) is 0.581. The van der Waals surface area contributed by atoms with Gasteiger partial charge in [-0.25, -0.2) is 10.2 Å². The molecule has 0 heterocycles. The van der Waals surface area contributed by atoms with E-state index >= 15 is 0 Å². The van der Waals surface area contributed by atoms with Gasteiger partial charge in [-0.2, -0.15) is 5.53 Å². The maximum Gasteiger partial charge on any atom is 0.378 e. The Hall–Kier alpha value is -2.11. The molecule has 0 aliphatic rings. The monoisotopic (exact) mass is 336 g/mol. The Kier molecular flexibility index (Phi) is 5.00. The van der Waals surface area contributed by atoms with Crippen molar-refractivity contribution in [3.63, 3.8) is 0 Å². The van der Waals surface area contributed by atoms with Crippen LogP contribution in [-0.4, -0.2) is 6.03 Å². The molecule has 0 unspecified atom stereocenters. The number of hydrogen-bond donors (Lipinski definition) is 2. The van der Waals surface area contributed by atoms with E-state index in [9.17, 15) is 4.79 Å². The van der Waals surface area contributed by atoms with E-state index in [1.807, 2.05) is 26.0 Å². The van der Waals surface area contributed by atoms with Gasteiger partial charge < -0.3 is 0 Å². The summed E-state index contributed by atoms with van der Waals surface area (Å²) >= 11 is 12.1. The second kappa shape index (κ2) is 6.77. The molecule has 7 heteroatoms. The number of urea groups is 1. The smallest absolute Gasteiger partial charge is 0.252 e. The number of hydrogen-bond acceptors (Lipinski definition) is 3. The lowest BCUT2D eigenvalue weighted by Crippen LogP contribution is -2.37. The second-order valence-corrected chi connectivity index (χ2v) is 5.60. The molecule has 0 aromatic heterocycles. The van der Waals surface area contributed by atoms with E-state index < -0.39 is 6.03 Å². The Bertz CT molecular complexity index is 682. The number of halogens is 2. The Morgan fingerprint density at radius 2 is 1.50 bits per heavy atom. The Morgan fingerprint density at radius 1 is 1.05 bits per heavy atom. The van der Waals surface area contributed by atoms with E-state index in [0.29, 0.717) is 21.4 Å². The van der Waals surface area contributed by atoms with Crippen LogP contribution in [0.5, 0.6) is 0 Å². The predicted octanol–water partition coefficient (Wildman–Crippen LogP) is 5.40. The lowest BCUT2D eigenvalue weighted by molar-refractivity contribution is 0.247. The van der Waals surface area contributed by atoms with Crippen LogP contribution in [0.3, 0.4) is 0 Å². The number of nitrogens with one attached hydrogen (secondary N) is 2. The number of aryl methyl sites for hydroxylation is 2. The first-order valence-electron chi connectivity index (χ1n) is 6.43. The molecule has 2 aromatic carbocycles. The van der Waals surface area contributed by atoms with Crippen LogP contribution in [0.4, 0.5) is 16.2 Å². The Labute approximate surface area is 138 Å². The van der Waals surface area contributed by atoms with Crippen molar-refractivity contribution in [1.82, 2.24) is 5.43 Å². The summed E-state index contributed by atoms with van der Waals surface area (Å²) in [5, 5.41) is 5.47. The van der Waals surface area contributed by atoms with Crippen LogP contribution in [0.25, 0.3) is 0 Å². The fourth-order valence-electron chi connectivity index (χ4n) is 2.02. The summed E-state index contributed by atoms with van der Waals surface area (Å²) in [5.74, 6) is 0. The molecular formula is C15H14Cl2N4O. The van der Waals surface area contributed by atoms with Crippen LogP contribution in [0.15, 0.2) is 41.5 Å². The van der Waals surface area contributed by atoms with Crippen LogP contribution in [0.2, 0.25) is 10.0 Å². The average molecular weight is 337 g/mol. The molecular weight excluding hydrogens is 323 g/mol. The maximum absolute atomic E-state index is 11.6. The fourth-order valence-corrected chi connectivity index (χ4v) is 2.35. The third-order valence-electron chi connectivity index (χ3n) is 3.13. The molecule has 114 valence electrons. The molecule has 2 amide bonds. The van der Waals surface area contributed by atoms with Gasteiger partial charge in [0.25, 0.3) is 0 Å². The van der Waals surface area contributed by atoms with Gasteiger partial charge in [0.15, 0.2) is 0 Å². The SMILES string of the molecule is Cc1ccc(Cl)cc1N(NC(=O)N=N)c1cc(Cl)ccc1C. The number of rotatable bonds is 3. The lowest BCUT2D eigenvalue weighted by atomic mass is 10.1. The normalized spacial score (nSPS) is 10.2. The van der Waals surface area contributed by atoms with Crippen molar-refractivity contribution >= 4 is 40.6 Å². The molecule has 0 spiro atoms. The van der Waals surface area contributed by atoms with Gasteiger partial charge in [0.1, 0.15) is 0 Å². The van der Waals surface area contributed by atoms with Crippen LogP contribution in [-0.2, 0) is 0 Å². The molecule has 0 saturated carbocycles. The maximum atomic E-state index is 11.6. The van der Waals surface area contributed by atoms with Crippen molar-refractivity contribution in [2.75, 3.05) is 5.01 Å². The third-order valence-corrected chi connectivity index (χ3v) is 3.60. The molecule has 2 rings (SSSR count). The van der Waals surface area contributed by atoms with E-state index in [2.05, 4.69) is 10.5 Å². The number of hydrazine groups is 1. The van der Waals surface area contributed by atoms with Crippen LogP contribution in [0, 0.1) is 19.4 Å². The predicted molar refractivity (Wildman–Crippen MR) is 88.2 cm³/mol. The molecule has 2 N–H and O–H groups in total. The van der Waals surface area contributed by atoms with Gasteiger partial charge in [0.05, 0.1) is 11.4 Å². The van der Waals surface area contributed by atoms with Gasteiger partial charge >= 0.3 is 6.03 Å². The summed E-state index contributed by atoms with van der Waals surface area (Å²) in [6.45, 7) is 3.78. The molecule has 0 atom stereocenters. The molecule has 0 aliphatic carbocycles. The van der Waals surface area contributed by atoms with Crippen molar-refractivity contribution in [2.24, 2.45) is 5.11 Å². The van der Waals surface area contributed by atoms with Crippen molar-refractivity contribution in [2.45, 2.75) is 13.8 Å². The standard InChI is InChI=1S/C15H14Cl2N4O/c1-9-3-5-11(16)7-13(9)21(20-15(22)19-18)14-8-12(17)6-4-10(14)2/h3-8,18H,1-2H3,(H,20,22). The summed E-state index contributed by atoms with van der Waals surface area (Å²) in [4.78, 5) is 11.6. The van der Waals surface area contributed by atoms with E-state index in [-0.39, 0.29) is 0 Å². The van der Waals surface area contributed by atoms with Crippen molar-refractivity contribution in [1.29, 1.82) is 5.53 Å². The zero-order valence-corrected chi connectivity index (χ0v) is 13.5. The molecule has 2 aromatic rings. The highest BCUT2D eigenvalue weighted by atomic mass is 35.5. The Balaban J connectivity index is 2.60. The van der Waals surface area contributed by atoms with Crippen molar-refractivity contribution in [3.05, 3.63) is 57.6 Å². The average Bonchev–Trinajstić information content (AvgIpc) is 2.50. The summed E-state index contributed by atoms with van der Waals surface area (Å²) in [5.41, 5.74) is 12.6. The van der Waals surface area contributed by atoms with Gasteiger partial charge in [-0.1, -0.05) is 40.4 Å². The lowest BCUT2D eigenvalue weighted by Gasteiger charge is -2.27. The summed E-state index contributed by atoms with van der Waals surface area (Å²) < 4.78 is 0.